The molecule has 0 radical (unpaired) electrons. The molecule has 3 aliphatic heterocycles. The highest BCUT2D eigenvalue weighted by Gasteiger charge is 2.46. The summed E-state index contributed by atoms with van der Waals surface area (Å²) in [6.45, 7) is 6.01. The summed E-state index contributed by atoms with van der Waals surface area (Å²) in [5, 5.41) is 0. The van der Waals surface area contributed by atoms with Crippen LogP contribution >= 0.6 is 0 Å². The smallest absolute Gasteiger partial charge is 0.410 e. The first-order valence-electron chi connectivity index (χ1n) is 9.21. The molecule has 4 heterocycles. The number of nitrogens with two attached hydrogens (primary N) is 1. The third kappa shape index (κ3) is 3.23. The summed E-state index contributed by atoms with van der Waals surface area (Å²) >= 11 is 0. The van der Waals surface area contributed by atoms with Crippen LogP contribution in [0.1, 0.15) is 12.8 Å². The van der Waals surface area contributed by atoms with E-state index in [0.717, 1.165) is 57.2 Å². The average molecular weight is 361 g/mol. The van der Waals surface area contributed by atoms with Gasteiger partial charge in [0.05, 0.1) is 13.1 Å². The Morgan fingerprint density at radius 2 is 1.73 bits per heavy atom. The van der Waals surface area contributed by atoms with E-state index in [9.17, 15) is 4.79 Å². The molecule has 2 N–H and O–H groups in total. The van der Waals surface area contributed by atoms with Crippen molar-refractivity contribution in [1.82, 2.24) is 19.8 Å². The number of carbonyl (C=O) groups excluding carboxylic acids is 1. The number of nitrogen functional groups attached to an aromatic ring is 1. The van der Waals surface area contributed by atoms with Crippen molar-refractivity contribution < 1.29 is 9.53 Å². The van der Waals surface area contributed by atoms with Gasteiger partial charge in [-0.2, -0.15) is 9.97 Å². The second-order valence-corrected chi connectivity index (χ2v) is 7.67. The van der Waals surface area contributed by atoms with Gasteiger partial charge in [-0.25, -0.2) is 4.79 Å². The van der Waals surface area contributed by atoms with E-state index in [1.165, 1.54) is 0 Å². The topological polar surface area (TPSA) is 91.1 Å². The van der Waals surface area contributed by atoms with Crippen LogP contribution in [0.25, 0.3) is 0 Å². The van der Waals surface area contributed by atoms with Crippen molar-refractivity contribution in [3.05, 3.63) is 6.07 Å². The molecule has 9 nitrogen and oxygen atoms in total. The number of nitrogens with zero attached hydrogens (tertiary/aromatic N) is 6. The van der Waals surface area contributed by atoms with Crippen molar-refractivity contribution in [3.8, 4) is 0 Å². The molecule has 0 bridgehead atoms. The molecule has 3 fully saturated rings. The Morgan fingerprint density at radius 1 is 1.04 bits per heavy atom. The van der Waals surface area contributed by atoms with Gasteiger partial charge in [-0.3, -0.25) is 0 Å². The summed E-state index contributed by atoms with van der Waals surface area (Å²) in [5.74, 6) is 1.98. The van der Waals surface area contributed by atoms with Crippen LogP contribution in [-0.4, -0.2) is 91.4 Å². The zero-order valence-electron chi connectivity index (χ0n) is 15.5. The molecule has 4 rings (SSSR count). The summed E-state index contributed by atoms with van der Waals surface area (Å²) in [6.07, 6.45) is 1.59. The fraction of sp³-hybridized carbons (Fsp3) is 0.706. The molecule has 1 atom stereocenters. The van der Waals surface area contributed by atoms with Crippen molar-refractivity contribution in [2.24, 2.45) is 0 Å². The van der Waals surface area contributed by atoms with Crippen LogP contribution < -0.4 is 15.5 Å². The van der Waals surface area contributed by atoms with Crippen LogP contribution in [0.2, 0.25) is 0 Å². The molecule has 0 saturated carbocycles. The molecule has 3 saturated heterocycles. The van der Waals surface area contributed by atoms with Crippen molar-refractivity contribution >= 4 is 23.7 Å². The first-order chi connectivity index (χ1) is 12.4. The standard InChI is InChI=1S/C17H27N7O2/c1-21-6-8-23(9-7-21)13-10-14(20-15(18)19-13)24-5-3-4-17(12-24)11-22(2)16(25)26-17/h10H,3-9,11-12H2,1-2H3,(H2,18,19,20)/t17-/m0/s1. The third-order valence-corrected chi connectivity index (χ3v) is 5.55. The van der Waals surface area contributed by atoms with Crippen LogP contribution in [0.3, 0.4) is 0 Å². The van der Waals surface area contributed by atoms with Gasteiger partial charge >= 0.3 is 6.09 Å². The van der Waals surface area contributed by atoms with Gasteiger partial charge in [0.1, 0.15) is 17.2 Å². The Kier molecular flexibility index (Phi) is 4.26. The minimum Gasteiger partial charge on any atom is -0.439 e. The van der Waals surface area contributed by atoms with Gasteiger partial charge in [0.25, 0.3) is 0 Å². The highest BCUT2D eigenvalue weighted by Crippen LogP contribution is 2.34. The average Bonchev–Trinajstić information content (AvgIpc) is 2.88. The lowest BCUT2D eigenvalue weighted by molar-refractivity contribution is 0.0445. The van der Waals surface area contributed by atoms with Gasteiger partial charge < -0.3 is 30.1 Å². The van der Waals surface area contributed by atoms with Gasteiger partial charge in [-0.05, 0) is 19.9 Å². The molecule has 1 spiro atoms. The Labute approximate surface area is 153 Å². The minimum atomic E-state index is -0.447. The highest BCUT2D eigenvalue weighted by atomic mass is 16.6. The quantitative estimate of drug-likeness (QED) is 0.801. The molecule has 0 aliphatic carbocycles. The summed E-state index contributed by atoms with van der Waals surface area (Å²) in [5.41, 5.74) is 5.56. The normalized spacial score (nSPS) is 27.3. The number of carbonyl (C=O) groups is 1. The predicted octanol–water partition coefficient (Wildman–Crippen LogP) is 0.232. The fourth-order valence-corrected chi connectivity index (χ4v) is 4.10. The van der Waals surface area contributed by atoms with Gasteiger partial charge in [0, 0.05) is 45.8 Å². The molecule has 0 aromatic carbocycles. The molecule has 26 heavy (non-hydrogen) atoms. The number of hydrogen-bond donors (Lipinski definition) is 1. The second kappa shape index (κ2) is 6.46. The number of amides is 1. The van der Waals surface area contributed by atoms with Crippen molar-refractivity contribution in [3.63, 3.8) is 0 Å². The number of hydrogen-bond acceptors (Lipinski definition) is 8. The van der Waals surface area contributed by atoms with Crippen LogP contribution in [0.5, 0.6) is 0 Å². The van der Waals surface area contributed by atoms with E-state index in [1.54, 1.807) is 11.9 Å². The first-order valence-corrected chi connectivity index (χ1v) is 9.21. The molecule has 9 heteroatoms. The number of piperidine rings is 1. The number of rotatable bonds is 2. The number of aromatic nitrogens is 2. The van der Waals surface area contributed by atoms with Crippen molar-refractivity contribution in [2.45, 2.75) is 18.4 Å². The maximum Gasteiger partial charge on any atom is 0.410 e. The van der Waals surface area contributed by atoms with E-state index in [-0.39, 0.29) is 12.0 Å². The van der Waals surface area contributed by atoms with Crippen LogP contribution in [0.15, 0.2) is 6.07 Å². The maximum absolute atomic E-state index is 11.9. The first kappa shape index (κ1) is 17.1. The van der Waals surface area contributed by atoms with Crippen LogP contribution in [-0.2, 0) is 4.74 Å². The molecule has 1 amide bonds. The van der Waals surface area contributed by atoms with E-state index in [2.05, 4.69) is 31.7 Å². The number of anilines is 3. The Balaban J connectivity index is 1.54. The van der Waals surface area contributed by atoms with E-state index >= 15 is 0 Å². The summed E-state index contributed by atoms with van der Waals surface area (Å²) in [7, 11) is 3.91. The number of ether oxygens (including phenoxy) is 1. The van der Waals surface area contributed by atoms with Gasteiger partial charge in [0.15, 0.2) is 0 Å². The molecule has 3 aliphatic rings. The lowest BCUT2D eigenvalue weighted by Crippen LogP contribution is -2.51. The zero-order chi connectivity index (χ0) is 18.3. The van der Waals surface area contributed by atoms with E-state index in [1.807, 2.05) is 6.07 Å². The van der Waals surface area contributed by atoms with Gasteiger partial charge in [-0.1, -0.05) is 0 Å². The monoisotopic (exact) mass is 361 g/mol. The summed E-state index contributed by atoms with van der Waals surface area (Å²) in [4.78, 5) is 29.1. The van der Waals surface area contributed by atoms with Gasteiger partial charge in [-0.15, -0.1) is 0 Å². The summed E-state index contributed by atoms with van der Waals surface area (Å²) in [6, 6.07) is 2.02. The zero-order valence-corrected chi connectivity index (χ0v) is 15.5. The lowest BCUT2D eigenvalue weighted by Gasteiger charge is -2.39. The molecule has 142 valence electrons. The number of piperazine rings is 1. The number of likely N-dealkylation sites (N-methyl/N-ethyl adjacent to an activating group) is 2. The molecule has 1 aromatic heterocycles. The van der Waals surface area contributed by atoms with Crippen LogP contribution in [0, 0.1) is 0 Å². The molecule has 1 aromatic rings. The minimum absolute atomic E-state index is 0.243. The largest absolute Gasteiger partial charge is 0.439 e. The molecular weight excluding hydrogens is 334 g/mol. The van der Waals surface area contributed by atoms with E-state index in [4.69, 9.17) is 10.5 Å². The molecular formula is C17H27N7O2. The Bertz CT molecular complexity index is 692. The SMILES string of the molecule is CN1CCN(c2cc(N3CCC[C@]4(CN(C)C(=O)O4)C3)nc(N)n2)CC1. The molecule has 0 unspecified atom stereocenters. The Hall–Kier alpha value is -2.29. The van der Waals surface area contributed by atoms with Crippen molar-refractivity contribution in [2.75, 3.05) is 75.4 Å². The van der Waals surface area contributed by atoms with Crippen LogP contribution in [0.4, 0.5) is 22.4 Å². The predicted molar refractivity (Wildman–Crippen MR) is 99.4 cm³/mol. The van der Waals surface area contributed by atoms with E-state index in [0.29, 0.717) is 13.1 Å². The second-order valence-electron chi connectivity index (χ2n) is 7.67. The van der Waals surface area contributed by atoms with Gasteiger partial charge in [0.2, 0.25) is 5.95 Å². The third-order valence-electron chi connectivity index (χ3n) is 5.55. The van der Waals surface area contributed by atoms with Crippen molar-refractivity contribution in [1.29, 1.82) is 0 Å². The Morgan fingerprint density at radius 3 is 2.38 bits per heavy atom. The van der Waals surface area contributed by atoms with E-state index < -0.39 is 5.60 Å². The lowest BCUT2D eigenvalue weighted by atomic mass is 9.93. The highest BCUT2D eigenvalue weighted by molar-refractivity contribution is 5.70. The fourth-order valence-electron chi connectivity index (χ4n) is 4.10. The maximum atomic E-state index is 11.9. The summed E-state index contributed by atoms with van der Waals surface area (Å²) < 4.78 is 5.70.